The second-order valence-electron chi connectivity index (χ2n) is 5.07. The van der Waals surface area contributed by atoms with Crippen molar-refractivity contribution in [1.82, 2.24) is 0 Å². The van der Waals surface area contributed by atoms with Crippen LogP contribution in [0.25, 0.3) is 0 Å². The van der Waals surface area contributed by atoms with Gasteiger partial charge in [-0.2, -0.15) is 0 Å². The minimum atomic E-state index is -0.221. The smallest absolute Gasteiger partial charge is 0.330 e. The summed E-state index contributed by atoms with van der Waals surface area (Å²) in [6, 6.07) is 0. The number of rotatable bonds is 1. The van der Waals surface area contributed by atoms with Crippen LogP contribution in [-0.2, 0) is 9.53 Å². The molecule has 2 nitrogen and oxygen atoms in total. The Hall–Kier alpha value is -0.790. The van der Waals surface area contributed by atoms with Crippen LogP contribution in [-0.4, -0.2) is 11.6 Å². The molecule has 1 heterocycles. The molecule has 0 bridgehead atoms. The number of ether oxygens (including phenoxy) is 1. The number of carbonyl (C=O) groups excluding carboxylic acids is 1. The lowest BCUT2D eigenvalue weighted by Gasteiger charge is -2.35. The number of hydrogen-bond acceptors (Lipinski definition) is 2. The quantitative estimate of drug-likeness (QED) is 0.600. The molecule has 1 aliphatic heterocycles. The van der Waals surface area contributed by atoms with Crippen molar-refractivity contribution in [2.75, 3.05) is 0 Å². The molecular weight excluding hydrogens is 176 g/mol. The third-order valence-electron chi connectivity index (χ3n) is 3.77. The zero-order valence-electron chi connectivity index (χ0n) is 9.12. The highest BCUT2D eigenvalue weighted by Gasteiger charge is 2.48. The SMILES string of the molecule is CC(C)[C@H]1CC[C@]2(C)OC(=O)C=C[C@H]12. The molecule has 2 aliphatic rings. The molecule has 2 heteroatoms. The highest BCUT2D eigenvalue weighted by atomic mass is 16.6. The standard InChI is InChI=1S/C12H18O2/c1-8(2)9-6-7-12(3)10(9)4-5-11(13)14-12/h4-5,8-10H,6-7H2,1-3H3/t9-,10-,12+/m1/s1. The summed E-state index contributed by atoms with van der Waals surface area (Å²) in [6.07, 6.45) is 5.84. The van der Waals surface area contributed by atoms with E-state index in [0.717, 1.165) is 6.42 Å². The molecule has 0 radical (unpaired) electrons. The Bertz CT molecular complexity index is 280. The lowest BCUT2D eigenvalue weighted by Crippen LogP contribution is -2.39. The van der Waals surface area contributed by atoms with Gasteiger partial charge in [-0.3, -0.25) is 0 Å². The predicted molar refractivity (Wildman–Crippen MR) is 54.7 cm³/mol. The molecule has 14 heavy (non-hydrogen) atoms. The molecule has 0 aromatic carbocycles. The van der Waals surface area contributed by atoms with Crippen LogP contribution in [0.4, 0.5) is 0 Å². The number of fused-ring (bicyclic) bond motifs is 1. The Balaban J connectivity index is 2.26. The fraction of sp³-hybridized carbons (Fsp3) is 0.750. The lowest BCUT2D eigenvalue weighted by atomic mass is 9.80. The first-order valence-corrected chi connectivity index (χ1v) is 5.44. The summed E-state index contributed by atoms with van der Waals surface area (Å²) in [5.41, 5.74) is -0.221. The molecule has 0 amide bonds. The molecule has 0 N–H and O–H groups in total. The van der Waals surface area contributed by atoms with Crippen LogP contribution in [0.3, 0.4) is 0 Å². The van der Waals surface area contributed by atoms with Crippen molar-refractivity contribution in [2.45, 2.75) is 39.2 Å². The molecule has 2 rings (SSSR count). The second kappa shape index (κ2) is 3.11. The van der Waals surface area contributed by atoms with E-state index in [9.17, 15) is 4.79 Å². The topological polar surface area (TPSA) is 26.3 Å². The first-order valence-electron chi connectivity index (χ1n) is 5.44. The molecule has 78 valence electrons. The van der Waals surface area contributed by atoms with Gasteiger partial charge in [-0.25, -0.2) is 4.79 Å². The normalized spacial score (nSPS) is 41.3. The molecule has 1 saturated carbocycles. The van der Waals surface area contributed by atoms with Gasteiger partial charge in [0, 0.05) is 12.0 Å². The fourth-order valence-corrected chi connectivity index (χ4v) is 2.91. The number of carbonyl (C=O) groups is 1. The highest BCUT2D eigenvalue weighted by molar-refractivity contribution is 5.83. The number of esters is 1. The highest BCUT2D eigenvalue weighted by Crippen LogP contribution is 2.48. The molecule has 0 saturated heterocycles. The number of hydrogen-bond donors (Lipinski definition) is 0. The predicted octanol–water partition coefficient (Wildman–Crippen LogP) is 2.54. The van der Waals surface area contributed by atoms with Gasteiger partial charge in [0.15, 0.2) is 0 Å². The molecule has 3 atom stereocenters. The molecule has 1 fully saturated rings. The van der Waals surface area contributed by atoms with E-state index in [4.69, 9.17) is 4.74 Å². The summed E-state index contributed by atoms with van der Waals surface area (Å²) in [5.74, 6) is 1.60. The Morgan fingerprint density at radius 1 is 1.57 bits per heavy atom. The minimum absolute atomic E-state index is 0.173. The van der Waals surface area contributed by atoms with Gasteiger partial charge in [0.05, 0.1) is 0 Å². The summed E-state index contributed by atoms with van der Waals surface area (Å²) in [7, 11) is 0. The minimum Gasteiger partial charge on any atom is -0.456 e. The van der Waals surface area contributed by atoms with E-state index in [1.807, 2.05) is 0 Å². The molecule has 0 unspecified atom stereocenters. The van der Waals surface area contributed by atoms with Crippen molar-refractivity contribution in [3.63, 3.8) is 0 Å². The van der Waals surface area contributed by atoms with Gasteiger partial charge in [-0.1, -0.05) is 19.9 Å². The van der Waals surface area contributed by atoms with Gasteiger partial charge in [-0.15, -0.1) is 0 Å². The van der Waals surface area contributed by atoms with Crippen molar-refractivity contribution >= 4 is 5.97 Å². The van der Waals surface area contributed by atoms with Crippen LogP contribution in [0.15, 0.2) is 12.2 Å². The van der Waals surface area contributed by atoms with E-state index < -0.39 is 0 Å². The Morgan fingerprint density at radius 3 is 2.93 bits per heavy atom. The van der Waals surface area contributed by atoms with Crippen LogP contribution in [0, 0.1) is 17.8 Å². The van der Waals surface area contributed by atoms with E-state index in [2.05, 4.69) is 26.8 Å². The van der Waals surface area contributed by atoms with E-state index in [1.54, 1.807) is 6.08 Å². The summed E-state index contributed by atoms with van der Waals surface area (Å²) in [4.78, 5) is 11.2. The van der Waals surface area contributed by atoms with Crippen molar-refractivity contribution in [2.24, 2.45) is 17.8 Å². The van der Waals surface area contributed by atoms with Gasteiger partial charge < -0.3 is 4.74 Å². The lowest BCUT2D eigenvalue weighted by molar-refractivity contribution is -0.156. The van der Waals surface area contributed by atoms with E-state index >= 15 is 0 Å². The Kier molecular flexibility index (Phi) is 2.17. The zero-order chi connectivity index (χ0) is 10.3. The molecular formula is C12H18O2. The van der Waals surface area contributed by atoms with Crippen molar-refractivity contribution in [1.29, 1.82) is 0 Å². The van der Waals surface area contributed by atoms with Gasteiger partial charge in [0.2, 0.25) is 0 Å². The van der Waals surface area contributed by atoms with Crippen LogP contribution in [0.5, 0.6) is 0 Å². The Morgan fingerprint density at radius 2 is 2.29 bits per heavy atom. The zero-order valence-corrected chi connectivity index (χ0v) is 9.12. The Labute approximate surface area is 85.3 Å². The van der Waals surface area contributed by atoms with E-state index in [0.29, 0.717) is 17.8 Å². The van der Waals surface area contributed by atoms with E-state index in [1.165, 1.54) is 6.42 Å². The summed E-state index contributed by atoms with van der Waals surface area (Å²) < 4.78 is 5.45. The van der Waals surface area contributed by atoms with Crippen molar-refractivity contribution in [3.8, 4) is 0 Å². The van der Waals surface area contributed by atoms with Gasteiger partial charge >= 0.3 is 5.97 Å². The monoisotopic (exact) mass is 194 g/mol. The van der Waals surface area contributed by atoms with Gasteiger partial charge in [0.25, 0.3) is 0 Å². The van der Waals surface area contributed by atoms with E-state index in [-0.39, 0.29) is 11.6 Å². The average molecular weight is 194 g/mol. The fourth-order valence-electron chi connectivity index (χ4n) is 2.91. The third kappa shape index (κ3) is 1.37. The molecule has 0 aromatic heterocycles. The molecule has 0 spiro atoms. The average Bonchev–Trinajstić information content (AvgIpc) is 2.40. The largest absolute Gasteiger partial charge is 0.456 e. The van der Waals surface area contributed by atoms with Crippen LogP contribution in [0.2, 0.25) is 0 Å². The maximum absolute atomic E-state index is 11.2. The van der Waals surface area contributed by atoms with Crippen LogP contribution < -0.4 is 0 Å². The summed E-state index contributed by atoms with van der Waals surface area (Å²) in [6.45, 7) is 6.57. The van der Waals surface area contributed by atoms with Crippen molar-refractivity contribution in [3.05, 3.63) is 12.2 Å². The maximum atomic E-state index is 11.2. The first kappa shape index (κ1) is 9.75. The molecule has 0 aromatic rings. The maximum Gasteiger partial charge on any atom is 0.330 e. The van der Waals surface area contributed by atoms with Crippen LogP contribution in [0.1, 0.15) is 33.6 Å². The summed E-state index contributed by atoms with van der Waals surface area (Å²) in [5, 5.41) is 0. The second-order valence-corrected chi connectivity index (χ2v) is 5.07. The van der Waals surface area contributed by atoms with Gasteiger partial charge in [-0.05, 0) is 31.6 Å². The molecule has 1 aliphatic carbocycles. The summed E-state index contributed by atoms with van der Waals surface area (Å²) >= 11 is 0. The third-order valence-corrected chi connectivity index (χ3v) is 3.77. The van der Waals surface area contributed by atoms with Gasteiger partial charge in [0.1, 0.15) is 5.60 Å². The van der Waals surface area contributed by atoms with Crippen molar-refractivity contribution < 1.29 is 9.53 Å². The first-order chi connectivity index (χ1) is 6.53. The van der Waals surface area contributed by atoms with Crippen LogP contribution >= 0.6 is 0 Å².